The summed E-state index contributed by atoms with van der Waals surface area (Å²) in [5.41, 5.74) is 0. The Kier molecular flexibility index (Phi) is 12.3. The molecule has 0 aromatic rings. The normalized spacial score (nSPS) is 13.2. The van der Waals surface area contributed by atoms with E-state index in [1.807, 2.05) is 6.21 Å². The molecule has 0 saturated carbocycles. The van der Waals surface area contributed by atoms with Crippen molar-refractivity contribution in [2.45, 2.75) is 57.3 Å². The van der Waals surface area contributed by atoms with Crippen LogP contribution >= 0.6 is 0 Å². The number of hydrogen-bond donors (Lipinski definition) is 0. The van der Waals surface area contributed by atoms with Crippen LogP contribution in [-0.4, -0.2) is 58.3 Å². The maximum atomic E-state index is 5.48. The smallest absolute Gasteiger partial charge is 0.334 e. The van der Waals surface area contributed by atoms with Gasteiger partial charge in [-0.2, -0.15) is 0 Å². The molecule has 0 rings (SSSR count). The minimum absolute atomic E-state index is 0.918. The minimum atomic E-state index is -1.92. The summed E-state index contributed by atoms with van der Waals surface area (Å²) in [6, 6.07) is 2.03. The molecule has 22 heavy (non-hydrogen) atoms. The zero-order valence-corrected chi connectivity index (χ0v) is 17.3. The van der Waals surface area contributed by atoms with Crippen molar-refractivity contribution < 1.29 is 17.7 Å². The largest absolute Gasteiger partial charge is 0.398 e. The van der Waals surface area contributed by atoms with Crippen LogP contribution in [-0.2, 0) is 17.7 Å². The van der Waals surface area contributed by atoms with Crippen molar-refractivity contribution >= 4 is 23.3 Å². The second-order valence-electron chi connectivity index (χ2n) is 5.88. The van der Waals surface area contributed by atoms with Crippen molar-refractivity contribution in [3.63, 3.8) is 0 Å². The van der Waals surface area contributed by atoms with Gasteiger partial charge in [0.2, 0.25) is 0 Å². The van der Waals surface area contributed by atoms with Crippen LogP contribution in [0.4, 0.5) is 0 Å². The fourth-order valence-electron chi connectivity index (χ4n) is 2.09. The molecule has 0 radical (unpaired) electrons. The quantitative estimate of drug-likeness (QED) is 0.272. The Morgan fingerprint density at radius 2 is 1.23 bits per heavy atom. The molecule has 132 valence electrons. The van der Waals surface area contributed by atoms with E-state index in [9.17, 15) is 0 Å². The van der Waals surface area contributed by atoms with Crippen molar-refractivity contribution in [2.24, 2.45) is 4.99 Å². The van der Waals surface area contributed by atoms with Crippen LogP contribution in [0.25, 0.3) is 0 Å². The number of rotatable bonds is 14. The molecule has 0 spiro atoms. The average molecular weight is 350 g/mol. The standard InChI is InChI=1S/C15H35NO4Si2/c1-17-21(5,18-2)14-10-8-7-9-12-16-13-11-15-22(6,19-3)20-4/h13H,7-12,14-15H2,1-6H3. The van der Waals surface area contributed by atoms with Crippen LogP contribution in [0.3, 0.4) is 0 Å². The Balaban J connectivity index is 3.56. The first kappa shape index (κ1) is 21.9. The Morgan fingerprint density at radius 1 is 0.727 bits per heavy atom. The third-order valence-electron chi connectivity index (χ3n) is 4.25. The maximum Gasteiger partial charge on any atom is 0.334 e. The Labute approximate surface area is 138 Å². The lowest BCUT2D eigenvalue weighted by Gasteiger charge is -2.22. The van der Waals surface area contributed by atoms with E-state index < -0.39 is 17.1 Å². The van der Waals surface area contributed by atoms with E-state index in [1.54, 1.807) is 28.4 Å². The van der Waals surface area contributed by atoms with Gasteiger partial charge in [-0.3, -0.25) is 4.99 Å². The van der Waals surface area contributed by atoms with Gasteiger partial charge >= 0.3 is 17.1 Å². The first-order chi connectivity index (χ1) is 10.4. The molecule has 0 amide bonds. The lowest BCUT2D eigenvalue weighted by Crippen LogP contribution is -2.35. The van der Waals surface area contributed by atoms with Crippen LogP contribution in [0.15, 0.2) is 4.99 Å². The van der Waals surface area contributed by atoms with Gasteiger partial charge in [0.15, 0.2) is 0 Å². The van der Waals surface area contributed by atoms with Gasteiger partial charge in [-0.25, -0.2) is 0 Å². The number of unbranched alkanes of at least 4 members (excludes halogenated alkanes) is 3. The molecule has 0 heterocycles. The van der Waals surface area contributed by atoms with Gasteiger partial charge < -0.3 is 17.7 Å². The fraction of sp³-hybridized carbons (Fsp3) is 0.933. The summed E-state index contributed by atoms with van der Waals surface area (Å²) in [6.07, 6.45) is 7.73. The first-order valence-corrected chi connectivity index (χ1v) is 13.2. The predicted octanol–water partition coefficient (Wildman–Crippen LogP) is 3.74. The maximum absolute atomic E-state index is 5.48. The molecule has 0 fully saturated rings. The Bertz CT molecular complexity index is 295. The van der Waals surface area contributed by atoms with Gasteiger partial charge in [-0.1, -0.05) is 19.3 Å². The highest BCUT2D eigenvalue weighted by Gasteiger charge is 2.28. The highest BCUT2D eigenvalue weighted by molar-refractivity contribution is 6.66. The molecule has 0 N–H and O–H groups in total. The third-order valence-corrected chi connectivity index (χ3v) is 10.2. The molecule has 0 aromatic heterocycles. The van der Waals surface area contributed by atoms with E-state index in [0.29, 0.717) is 0 Å². The summed E-state index contributed by atoms with van der Waals surface area (Å²) in [6.45, 7) is 5.12. The summed E-state index contributed by atoms with van der Waals surface area (Å²) in [5, 5.41) is 0. The lowest BCUT2D eigenvalue weighted by molar-refractivity contribution is 0.248. The topological polar surface area (TPSA) is 49.3 Å². The molecule has 7 heteroatoms. The summed E-state index contributed by atoms with van der Waals surface area (Å²) < 4.78 is 21.8. The summed E-state index contributed by atoms with van der Waals surface area (Å²) in [4.78, 5) is 4.47. The monoisotopic (exact) mass is 349 g/mol. The van der Waals surface area contributed by atoms with Crippen molar-refractivity contribution in [3.8, 4) is 0 Å². The van der Waals surface area contributed by atoms with Crippen LogP contribution in [0.5, 0.6) is 0 Å². The predicted molar refractivity (Wildman–Crippen MR) is 97.3 cm³/mol. The van der Waals surface area contributed by atoms with E-state index >= 15 is 0 Å². The van der Waals surface area contributed by atoms with Crippen LogP contribution in [0.2, 0.25) is 25.2 Å². The number of nitrogens with zero attached hydrogens (tertiary/aromatic N) is 1. The molecular weight excluding hydrogens is 314 g/mol. The third kappa shape index (κ3) is 9.86. The fourth-order valence-corrected chi connectivity index (χ4v) is 4.78. The molecule has 0 bridgehead atoms. The van der Waals surface area contributed by atoms with Gasteiger partial charge in [0.05, 0.1) is 0 Å². The second-order valence-corrected chi connectivity index (χ2v) is 13.0. The van der Waals surface area contributed by atoms with Crippen molar-refractivity contribution in [3.05, 3.63) is 0 Å². The van der Waals surface area contributed by atoms with Gasteiger partial charge in [0.25, 0.3) is 0 Å². The van der Waals surface area contributed by atoms with Crippen molar-refractivity contribution in [1.29, 1.82) is 0 Å². The van der Waals surface area contributed by atoms with Gasteiger partial charge in [0, 0.05) is 35.0 Å². The Hall–Kier alpha value is -0.0562. The molecule has 5 nitrogen and oxygen atoms in total. The summed E-state index contributed by atoms with van der Waals surface area (Å²) in [5.74, 6) is 0. The average Bonchev–Trinajstić information content (AvgIpc) is 2.56. The second kappa shape index (κ2) is 12.4. The Morgan fingerprint density at radius 3 is 1.77 bits per heavy atom. The minimum Gasteiger partial charge on any atom is -0.398 e. The molecule has 0 aliphatic heterocycles. The molecule has 0 atom stereocenters. The van der Waals surface area contributed by atoms with Crippen LogP contribution in [0, 0.1) is 0 Å². The molecule has 0 aliphatic rings. The van der Waals surface area contributed by atoms with Crippen LogP contribution < -0.4 is 0 Å². The lowest BCUT2D eigenvalue weighted by atomic mass is 10.2. The zero-order chi connectivity index (χ0) is 16.9. The van der Waals surface area contributed by atoms with Gasteiger partial charge in [0.1, 0.15) is 0 Å². The molecule has 0 unspecified atom stereocenters. The molecule has 0 aliphatic carbocycles. The van der Waals surface area contributed by atoms with E-state index in [0.717, 1.165) is 31.5 Å². The number of hydrogen-bond acceptors (Lipinski definition) is 5. The van der Waals surface area contributed by atoms with E-state index in [1.165, 1.54) is 19.3 Å². The van der Waals surface area contributed by atoms with Gasteiger partial charge in [-0.15, -0.1) is 0 Å². The van der Waals surface area contributed by atoms with Gasteiger partial charge in [-0.05, 0) is 44.2 Å². The molecule has 0 saturated heterocycles. The molecular formula is C15H35NO4Si2. The molecule has 0 aromatic carbocycles. The highest BCUT2D eigenvalue weighted by atomic mass is 28.4. The SMILES string of the molecule is CO[Si](C)(CCC=NCCCCCC[Si](C)(OC)OC)OC. The zero-order valence-electron chi connectivity index (χ0n) is 15.3. The van der Waals surface area contributed by atoms with Crippen molar-refractivity contribution in [1.82, 2.24) is 0 Å². The van der Waals surface area contributed by atoms with E-state index in [4.69, 9.17) is 17.7 Å². The summed E-state index contributed by atoms with van der Waals surface area (Å²) in [7, 11) is 3.19. The van der Waals surface area contributed by atoms with E-state index in [-0.39, 0.29) is 0 Å². The van der Waals surface area contributed by atoms with Crippen molar-refractivity contribution in [2.75, 3.05) is 35.0 Å². The first-order valence-electron chi connectivity index (χ1n) is 8.14. The summed E-state index contributed by atoms with van der Waals surface area (Å²) >= 11 is 0. The highest BCUT2D eigenvalue weighted by Crippen LogP contribution is 2.16. The van der Waals surface area contributed by atoms with Crippen LogP contribution in [0.1, 0.15) is 32.1 Å². The van der Waals surface area contributed by atoms with E-state index in [2.05, 4.69) is 18.1 Å². The number of aliphatic imine (C=N–C) groups is 1.